The summed E-state index contributed by atoms with van der Waals surface area (Å²) in [7, 11) is 0. The molecule has 76 valence electrons. The van der Waals surface area contributed by atoms with Crippen LogP contribution in [0.25, 0.3) is 0 Å². The molecule has 2 rings (SSSR count). The summed E-state index contributed by atoms with van der Waals surface area (Å²) in [6.45, 7) is 1.71. The summed E-state index contributed by atoms with van der Waals surface area (Å²) >= 11 is 0. The summed E-state index contributed by atoms with van der Waals surface area (Å²) < 4.78 is 4.78. The first-order chi connectivity index (χ1) is 7.25. The van der Waals surface area contributed by atoms with Crippen molar-refractivity contribution in [1.82, 2.24) is 15.1 Å². The van der Waals surface area contributed by atoms with Crippen molar-refractivity contribution in [3.05, 3.63) is 36.1 Å². The number of nitrogens with one attached hydrogen (secondary N) is 1. The van der Waals surface area contributed by atoms with E-state index in [0.29, 0.717) is 11.6 Å². The molecule has 1 N–H and O–H groups in total. The molecular weight excluding hydrogens is 196 g/mol. The molecule has 2 heterocycles. The Kier molecular flexibility index (Phi) is 2.40. The zero-order valence-corrected chi connectivity index (χ0v) is 7.97. The highest BCUT2D eigenvalue weighted by molar-refractivity contribution is 6.02. The Morgan fingerprint density at radius 3 is 2.93 bits per heavy atom. The Morgan fingerprint density at radius 1 is 1.47 bits per heavy atom. The van der Waals surface area contributed by atoms with Crippen molar-refractivity contribution in [2.24, 2.45) is 0 Å². The highest BCUT2D eigenvalue weighted by atomic mass is 16.5. The maximum Gasteiger partial charge on any atom is 0.279 e. The number of nitrogens with zero attached hydrogens (tertiary/aromatic N) is 3. The minimum atomic E-state index is -0.368. The fraction of sp³-hybridized carbons (Fsp3) is 0.111. The molecule has 0 aromatic carbocycles. The molecule has 0 unspecified atom stereocenters. The Bertz CT molecular complexity index is 466. The smallest absolute Gasteiger partial charge is 0.279 e. The van der Waals surface area contributed by atoms with Crippen LogP contribution in [-0.4, -0.2) is 21.0 Å². The largest absolute Gasteiger partial charge is 0.361 e. The van der Waals surface area contributed by atoms with Gasteiger partial charge in [-0.3, -0.25) is 9.78 Å². The topological polar surface area (TPSA) is 80.9 Å². The van der Waals surface area contributed by atoms with Crippen LogP contribution < -0.4 is 5.32 Å². The third-order valence-electron chi connectivity index (χ3n) is 1.67. The van der Waals surface area contributed by atoms with E-state index in [2.05, 4.69) is 20.4 Å². The van der Waals surface area contributed by atoms with Gasteiger partial charge in [0.05, 0.1) is 6.20 Å². The van der Waals surface area contributed by atoms with Crippen LogP contribution in [-0.2, 0) is 0 Å². The van der Waals surface area contributed by atoms with E-state index in [-0.39, 0.29) is 11.6 Å². The molecule has 0 atom stereocenters. The third kappa shape index (κ3) is 2.16. The predicted molar refractivity (Wildman–Crippen MR) is 51.2 cm³/mol. The lowest BCUT2D eigenvalue weighted by Crippen LogP contribution is -2.13. The van der Waals surface area contributed by atoms with E-state index >= 15 is 0 Å². The highest BCUT2D eigenvalue weighted by Gasteiger charge is 2.11. The number of carbonyl (C=O) groups is 1. The maximum atomic E-state index is 11.5. The summed E-state index contributed by atoms with van der Waals surface area (Å²) in [5, 5.41) is 6.11. The Morgan fingerprint density at radius 2 is 2.33 bits per heavy atom. The normalized spacial score (nSPS) is 9.93. The molecule has 2 aromatic rings. The van der Waals surface area contributed by atoms with Crippen molar-refractivity contribution in [3.8, 4) is 0 Å². The fourth-order valence-corrected chi connectivity index (χ4v) is 1.02. The number of aryl methyl sites for hydroxylation is 1. The van der Waals surface area contributed by atoms with Gasteiger partial charge in [0.1, 0.15) is 5.76 Å². The minimum Gasteiger partial charge on any atom is -0.361 e. The first kappa shape index (κ1) is 9.32. The van der Waals surface area contributed by atoms with E-state index < -0.39 is 0 Å². The molecule has 6 heteroatoms. The average Bonchev–Trinajstić information content (AvgIpc) is 2.66. The van der Waals surface area contributed by atoms with Crippen molar-refractivity contribution in [2.45, 2.75) is 6.92 Å². The monoisotopic (exact) mass is 204 g/mol. The van der Waals surface area contributed by atoms with Gasteiger partial charge in [-0.2, -0.15) is 0 Å². The van der Waals surface area contributed by atoms with Crippen LogP contribution in [0.3, 0.4) is 0 Å². The second-order valence-corrected chi connectivity index (χ2v) is 2.87. The molecule has 0 fully saturated rings. The quantitative estimate of drug-likeness (QED) is 0.789. The lowest BCUT2D eigenvalue weighted by molar-refractivity contribution is 0.101. The first-order valence-electron chi connectivity index (χ1n) is 4.26. The SMILES string of the molecule is Cc1cc(C(=O)Nc2cnccn2)no1. The van der Waals surface area contributed by atoms with Crippen LogP contribution in [0.15, 0.2) is 29.2 Å². The van der Waals surface area contributed by atoms with Gasteiger partial charge in [0.25, 0.3) is 5.91 Å². The Balaban J connectivity index is 2.11. The van der Waals surface area contributed by atoms with Crippen molar-refractivity contribution >= 4 is 11.7 Å². The lowest BCUT2D eigenvalue weighted by Gasteiger charge is -1.98. The number of aromatic nitrogens is 3. The second-order valence-electron chi connectivity index (χ2n) is 2.87. The summed E-state index contributed by atoms with van der Waals surface area (Å²) in [5.41, 5.74) is 0.221. The average molecular weight is 204 g/mol. The zero-order valence-electron chi connectivity index (χ0n) is 7.97. The van der Waals surface area contributed by atoms with Crippen molar-refractivity contribution < 1.29 is 9.32 Å². The number of amides is 1. The number of hydrogen-bond donors (Lipinski definition) is 1. The minimum absolute atomic E-state index is 0.221. The van der Waals surface area contributed by atoms with Gasteiger partial charge in [-0.1, -0.05) is 5.16 Å². The van der Waals surface area contributed by atoms with Gasteiger partial charge in [-0.05, 0) is 6.92 Å². The standard InChI is InChI=1S/C9H8N4O2/c1-6-4-7(13-15-6)9(14)12-8-5-10-2-3-11-8/h2-5H,1H3,(H,11,12,14). The third-order valence-corrected chi connectivity index (χ3v) is 1.67. The molecule has 0 saturated heterocycles. The molecule has 2 aromatic heterocycles. The molecule has 0 aliphatic carbocycles. The van der Waals surface area contributed by atoms with E-state index in [1.54, 1.807) is 13.0 Å². The van der Waals surface area contributed by atoms with Gasteiger partial charge in [0.15, 0.2) is 11.5 Å². The van der Waals surface area contributed by atoms with E-state index in [0.717, 1.165) is 0 Å². The van der Waals surface area contributed by atoms with E-state index in [1.165, 1.54) is 18.6 Å². The number of hydrogen-bond acceptors (Lipinski definition) is 5. The van der Waals surface area contributed by atoms with Crippen LogP contribution in [0.5, 0.6) is 0 Å². The first-order valence-corrected chi connectivity index (χ1v) is 4.26. The van der Waals surface area contributed by atoms with E-state index in [1.807, 2.05) is 0 Å². The molecule has 0 aliphatic heterocycles. The van der Waals surface area contributed by atoms with Gasteiger partial charge in [-0.25, -0.2) is 4.98 Å². The number of rotatable bonds is 2. The Labute approximate surface area is 85.3 Å². The molecule has 6 nitrogen and oxygen atoms in total. The van der Waals surface area contributed by atoms with Crippen molar-refractivity contribution in [3.63, 3.8) is 0 Å². The molecule has 15 heavy (non-hydrogen) atoms. The lowest BCUT2D eigenvalue weighted by atomic mass is 10.3. The van der Waals surface area contributed by atoms with Crippen LogP contribution >= 0.6 is 0 Å². The zero-order chi connectivity index (χ0) is 10.7. The summed E-state index contributed by atoms with van der Waals surface area (Å²) in [6, 6.07) is 1.55. The summed E-state index contributed by atoms with van der Waals surface area (Å²) in [6.07, 6.45) is 4.46. The van der Waals surface area contributed by atoms with Gasteiger partial charge in [0, 0.05) is 18.5 Å². The van der Waals surface area contributed by atoms with Crippen LogP contribution in [0.1, 0.15) is 16.2 Å². The van der Waals surface area contributed by atoms with Crippen LogP contribution in [0.4, 0.5) is 5.82 Å². The van der Waals surface area contributed by atoms with Crippen LogP contribution in [0.2, 0.25) is 0 Å². The molecule has 0 radical (unpaired) electrons. The molecular formula is C9H8N4O2. The predicted octanol–water partition coefficient (Wildman–Crippen LogP) is 1.03. The van der Waals surface area contributed by atoms with E-state index in [4.69, 9.17) is 4.52 Å². The molecule has 0 spiro atoms. The van der Waals surface area contributed by atoms with Crippen LogP contribution in [0, 0.1) is 6.92 Å². The van der Waals surface area contributed by atoms with Crippen molar-refractivity contribution in [2.75, 3.05) is 5.32 Å². The molecule has 0 bridgehead atoms. The molecule has 1 amide bonds. The Hall–Kier alpha value is -2.24. The highest BCUT2D eigenvalue weighted by Crippen LogP contribution is 2.05. The second kappa shape index (κ2) is 3.87. The number of anilines is 1. The summed E-state index contributed by atoms with van der Waals surface area (Å²) in [4.78, 5) is 19.2. The maximum absolute atomic E-state index is 11.5. The summed E-state index contributed by atoms with van der Waals surface area (Å²) in [5.74, 6) is 0.592. The fourth-order valence-electron chi connectivity index (χ4n) is 1.02. The number of carbonyl (C=O) groups excluding carboxylic acids is 1. The van der Waals surface area contributed by atoms with Gasteiger partial charge in [-0.15, -0.1) is 0 Å². The van der Waals surface area contributed by atoms with Gasteiger partial charge < -0.3 is 9.84 Å². The van der Waals surface area contributed by atoms with Gasteiger partial charge in [0.2, 0.25) is 0 Å². The molecule has 0 aliphatic rings. The molecule has 0 saturated carbocycles. The van der Waals surface area contributed by atoms with E-state index in [9.17, 15) is 4.79 Å². The van der Waals surface area contributed by atoms with Crippen molar-refractivity contribution in [1.29, 1.82) is 0 Å². The van der Waals surface area contributed by atoms with Gasteiger partial charge >= 0.3 is 0 Å².